The Kier molecular flexibility index (Phi) is 2.11. The lowest BCUT2D eigenvalue weighted by Crippen LogP contribution is -2.48. The lowest BCUT2D eigenvalue weighted by molar-refractivity contribution is -0.119. The molecule has 0 aliphatic carbocycles. The van der Waals surface area contributed by atoms with Gasteiger partial charge in [0.15, 0.2) is 0 Å². The predicted octanol–water partition coefficient (Wildman–Crippen LogP) is 1.53. The molecule has 0 radical (unpaired) electrons. The Hall–Kier alpha value is -2.04. The molecule has 1 aliphatic heterocycles. The largest absolute Gasteiger partial charge is 0.478 e. The lowest BCUT2D eigenvalue weighted by Gasteiger charge is -2.33. The number of carbonyl (C=O) groups excluding carboxylic acids is 1. The monoisotopic (exact) mass is 220 g/mol. The zero-order chi connectivity index (χ0) is 11.9. The van der Waals surface area contributed by atoms with Crippen molar-refractivity contribution in [1.82, 2.24) is 0 Å². The molecule has 1 aromatic rings. The van der Waals surface area contributed by atoms with Crippen LogP contribution in [0.4, 0.5) is 11.4 Å². The molecule has 84 valence electrons. The SMILES string of the molecule is CC1(C)Nc2c(cccc2C(=O)O)NC1=O. The average molecular weight is 220 g/mol. The van der Waals surface area contributed by atoms with Gasteiger partial charge in [0.05, 0.1) is 16.9 Å². The smallest absolute Gasteiger partial charge is 0.337 e. The molecular formula is C11H12N2O3. The molecule has 2 rings (SSSR count). The molecule has 0 aromatic heterocycles. The number of carboxylic acids is 1. The van der Waals surface area contributed by atoms with E-state index in [9.17, 15) is 9.59 Å². The first kappa shape index (κ1) is 10.5. The zero-order valence-corrected chi connectivity index (χ0v) is 9.00. The molecule has 0 atom stereocenters. The van der Waals surface area contributed by atoms with Gasteiger partial charge in [-0.25, -0.2) is 4.79 Å². The van der Waals surface area contributed by atoms with Crippen molar-refractivity contribution in [2.45, 2.75) is 19.4 Å². The van der Waals surface area contributed by atoms with Crippen molar-refractivity contribution in [3.05, 3.63) is 23.8 Å². The van der Waals surface area contributed by atoms with E-state index in [1.807, 2.05) is 0 Å². The van der Waals surface area contributed by atoms with Crippen LogP contribution in [0, 0.1) is 0 Å². The highest BCUT2D eigenvalue weighted by atomic mass is 16.4. The molecule has 16 heavy (non-hydrogen) atoms. The standard InChI is InChI=1S/C11H12N2O3/c1-11(2)10(16)12-7-5-3-4-6(9(14)15)8(7)13-11/h3-5,13H,1-2H3,(H,12,16)(H,14,15). The quantitative estimate of drug-likeness (QED) is 0.670. The molecule has 5 nitrogen and oxygen atoms in total. The summed E-state index contributed by atoms with van der Waals surface area (Å²) >= 11 is 0. The maximum atomic E-state index is 11.6. The third kappa shape index (κ3) is 1.50. The number of benzene rings is 1. The molecule has 0 bridgehead atoms. The van der Waals surface area contributed by atoms with Gasteiger partial charge in [0.25, 0.3) is 0 Å². The molecule has 0 saturated carbocycles. The number of aromatic carboxylic acids is 1. The van der Waals surface area contributed by atoms with E-state index in [4.69, 9.17) is 5.11 Å². The van der Waals surface area contributed by atoms with Crippen LogP contribution in [-0.4, -0.2) is 22.5 Å². The highest BCUT2D eigenvalue weighted by molar-refractivity contribution is 6.09. The van der Waals surface area contributed by atoms with Crippen LogP contribution in [0.1, 0.15) is 24.2 Å². The Labute approximate surface area is 92.5 Å². The van der Waals surface area contributed by atoms with Crippen molar-refractivity contribution in [2.75, 3.05) is 10.6 Å². The number of carbonyl (C=O) groups is 2. The normalized spacial score (nSPS) is 17.0. The third-order valence-electron chi connectivity index (χ3n) is 2.55. The summed E-state index contributed by atoms with van der Waals surface area (Å²) in [6.07, 6.45) is 0. The third-order valence-corrected chi connectivity index (χ3v) is 2.55. The van der Waals surface area contributed by atoms with Crippen molar-refractivity contribution in [3.63, 3.8) is 0 Å². The van der Waals surface area contributed by atoms with E-state index >= 15 is 0 Å². The highest BCUT2D eigenvalue weighted by Gasteiger charge is 2.34. The van der Waals surface area contributed by atoms with Crippen molar-refractivity contribution >= 4 is 23.3 Å². The zero-order valence-electron chi connectivity index (χ0n) is 9.00. The minimum atomic E-state index is -1.02. The fraction of sp³-hybridized carbons (Fsp3) is 0.273. The van der Waals surface area contributed by atoms with Gasteiger partial charge in [-0.3, -0.25) is 4.79 Å². The fourth-order valence-electron chi connectivity index (χ4n) is 1.62. The maximum Gasteiger partial charge on any atom is 0.337 e. The maximum absolute atomic E-state index is 11.6. The second-order valence-electron chi connectivity index (χ2n) is 4.24. The van der Waals surface area contributed by atoms with Gasteiger partial charge in [0, 0.05) is 0 Å². The first-order valence-electron chi connectivity index (χ1n) is 4.88. The van der Waals surface area contributed by atoms with Gasteiger partial charge in [-0.05, 0) is 26.0 Å². The number of fused-ring (bicyclic) bond motifs is 1. The van der Waals surface area contributed by atoms with E-state index < -0.39 is 11.5 Å². The predicted molar refractivity (Wildman–Crippen MR) is 59.7 cm³/mol. The molecule has 3 N–H and O–H groups in total. The minimum absolute atomic E-state index is 0.158. The fourth-order valence-corrected chi connectivity index (χ4v) is 1.62. The average Bonchev–Trinajstić information content (AvgIpc) is 2.18. The number of para-hydroxylation sites is 1. The molecular weight excluding hydrogens is 208 g/mol. The molecule has 0 saturated heterocycles. The van der Waals surface area contributed by atoms with Crippen molar-refractivity contribution in [1.29, 1.82) is 0 Å². The van der Waals surface area contributed by atoms with Gasteiger partial charge in [0.1, 0.15) is 5.54 Å². The number of rotatable bonds is 1. The van der Waals surface area contributed by atoms with E-state index in [1.165, 1.54) is 6.07 Å². The summed E-state index contributed by atoms with van der Waals surface area (Å²) in [7, 11) is 0. The molecule has 0 unspecified atom stereocenters. The van der Waals surface area contributed by atoms with Gasteiger partial charge in [-0.1, -0.05) is 6.07 Å². The first-order chi connectivity index (χ1) is 7.42. The minimum Gasteiger partial charge on any atom is -0.478 e. The second kappa shape index (κ2) is 3.23. The lowest BCUT2D eigenvalue weighted by atomic mass is 9.98. The Morgan fingerprint density at radius 1 is 1.38 bits per heavy atom. The van der Waals surface area contributed by atoms with Crippen LogP contribution in [-0.2, 0) is 4.79 Å². The summed E-state index contributed by atoms with van der Waals surface area (Å²) < 4.78 is 0. The van der Waals surface area contributed by atoms with Gasteiger partial charge >= 0.3 is 5.97 Å². The topological polar surface area (TPSA) is 78.4 Å². The van der Waals surface area contributed by atoms with Crippen LogP contribution in [0.2, 0.25) is 0 Å². The second-order valence-corrected chi connectivity index (χ2v) is 4.24. The van der Waals surface area contributed by atoms with Gasteiger partial charge in [-0.15, -0.1) is 0 Å². The Balaban J connectivity index is 2.56. The number of carboxylic acid groups (broad SMARTS) is 1. The van der Waals surface area contributed by atoms with Crippen LogP contribution in [0.25, 0.3) is 0 Å². The van der Waals surface area contributed by atoms with Gasteiger partial charge in [0.2, 0.25) is 5.91 Å². The van der Waals surface area contributed by atoms with E-state index in [-0.39, 0.29) is 11.5 Å². The number of amides is 1. The van der Waals surface area contributed by atoms with Crippen LogP contribution >= 0.6 is 0 Å². The van der Waals surface area contributed by atoms with Crippen molar-refractivity contribution in [3.8, 4) is 0 Å². The summed E-state index contributed by atoms with van der Waals surface area (Å²) in [5.74, 6) is -1.20. The number of hydrogen-bond acceptors (Lipinski definition) is 3. The first-order valence-corrected chi connectivity index (χ1v) is 4.88. The molecule has 0 fully saturated rings. The van der Waals surface area contributed by atoms with Crippen LogP contribution < -0.4 is 10.6 Å². The van der Waals surface area contributed by atoms with Crippen molar-refractivity contribution in [2.24, 2.45) is 0 Å². The number of nitrogens with one attached hydrogen (secondary N) is 2. The molecule has 0 spiro atoms. The summed E-state index contributed by atoms with van der Waals surface area (Å²) in [6, 6.07) is 4.77. The van der Waals surface area contributed by atoms with E-state index in [1.54, 1.807) is 26.0 Å². The molecule has 1 aromatic carbocycles. The molecule has 1 aliphatic rings. The van der Waals surface area contributed by atoms with Crippen LogP contribution in [0.5, 0.6) is 0 Å². The summed E-state index contributed by atoms with van der Waals surface area (Å²) in [5.41, 5.74) is 0.313. The Bertz CT molecular complexity index is 480. The molecule has 5 heteroatoms. The van der Waals surface area contributed by atoms with E-state index in [0.717, 1.165) is 0 Å². The van der Waals surface area contributed by atoms with E-state index in [2.05, 4.69) is 10.6 Å². The van der Waals surface area contributed by atoms with Gasteiger partial charge in [-0.2, -0.15) is 0 Å². The van der Waals surface area contributed by atoms with E-state index in [0.29, 0.717) is 11.4 Å². The van der Waals surface area contributed by atoms with Gasteiger partial charge < -0.3 is 15.7 Å². The summed E-state index contributed by atoms with van der Waals surface area (Å²) in [4.78, 5) is 22.7. The number of hydrogen-bond donors (Lipinski definition) is 3. The van der Waals surface area contributed by atoms with Crippen molar-refractivity contribution < 1.29 is 14.7 Å². The summed E-state index contributed by atoms with van der Waals surface area (Å²) in [6.45, 7) is 3.40. The Morgan fingerprint density at radius 3 is 2.69 bits per heavy atom. The van der Waals surface area contributed by atoms with Crippen LogP contribution in [0.15, 0.2) is 18.2 Å². The van der Waals surface area contributed by atoms with Crippen LogP contribution in [0.3, 0.4) is 0 Å². The summed E-state index contributed by atoms with van der Waals surface area (Å²) in [5, 5.41) is 14.6. The molecule has 1 heterocycles. The highest BCUT2D eigenvalue weighted by Crippen LogP contribution is 2.33. The Morgan fingerprint density at radius 2 is 2.06 bits per heavy atom. The number of anilines is 2. The molecule has 1 amide bonds.